The molecule has 37 heavy (non-hydrogen) atoms. The molecule has 4 unspecified atom stereocenters. The molecule has 1 aliphatic carbocycles. The predicted molar refractivity (Wildman–Crippen MR) is 148 cm³/mol. The molecule has 1 saturated heterocycles. The number of piperidine rings is 1. The summed E-state index contributed by atoms with van der Waals surface area (Å²) in [6.07, 6.45) is 2.82. The number of benzene rings is 1. The van der Waals surface area contributed by atoms with Gasteiger partial charge in [-0.2, -0.15) is 17.9 Å². The zero-order valence-corrected chi connectivity index (χ0v) is 22.9. The molecule has 1 heterocycles. The maximum Gasteiger partial charge on any atom is 0.240 e. The molecule has 0 bridgehead atoms. The number of rotatable bonds is 10. The molecule has 9 nitrogen and oxygen atoms in total. The molecular weight excluding hydrogens is 488 g/mol. The molecule has 10 heteroatoms. The minimum Gasteiger partial charge on any atom is -0.362 e. The Hall–Kier alpha value is -2.87. The number of ketones is 1. The molecule has 0 radical (unpaired) electrons. The van der Waals surface area contributed by atoms with Gasteiger partial charge >= 0.3 is 0 Å². The Bertz CT molecular complexity index is 1080. The van der Waals surface area contributed by atoms with E-state index in [4.69, 9.17) is 0 Å². The Kier molecular flexibility index (Phi) is 9.76. The summed E-state index contributed by atoms with van der Waals surface area (Å²) in [5.74, 6) is -0.967. The van der Waals surface area contributed by atoms with Gasteiger partial charge < -0.3 is 21.3 Å². The van der Waals surface area contributed by atoms with Gasteiger partial charge in [-0.05, 0) is 55.5 Å². The lowest BCUT2D eigenvalue weighted by molar-refractivity contribution is -0.136. The Morgan fingerprint density at radius 2 is 1.89 bits per heavy atom. The van der Waals surface area contributed by atoms with Gasteiger partial charge in [-0.25, -0.2) is 0 Å². The van der Waals surface area contributed by atoms with Crippen LogP contribution in [-0.4, -0.2) is 66.0 Å². The van der Waals surface area contributed by atoms with E-state index in [0.29, 0.717) is 48.4 Å². The van der Waals surface area contributed by atoms with Gasteiger partial charge in [0.2, 0.25) is 11.8 Å². The Labute approximate surface area is 224 Å². The average Bonchev–Trinajstić information content (AvgIpc) is 2.83. The molecule has 1 aromatic carbocycles. The Balaban J connectivity index is 1.74. The number of nitrogens with one attached hydrogen (secondary N) is 4. The highest BCUT2D eigenvalue weighted by Gasteiger charge is 2.63. The van der Waals surface area contributed by atoms with Crippen LogP contribution in [0.5, 0.6) is 0 Å². The number of Topliss-reactive ketones (excluding diaryl/α,β-unsaturated/α-hetero) is 1. The number of anilines is 2. The molecule has 2 fully saturated rings. The number of hydrogen-bond acceptors (Lipinski definition) is 8. The van der Waals surface area contributed by atoms with Crippen molar-refractivity contribution in [3.63, 3.8) is 0 Å². The number of nitriles is 1. The number of carbonyl (C=O) groups excluding carboxylic acids is 3. The average molecular weight is 527 g/mol. The van der Waals surface area contributed by atoms with Crippen LogP contribution < -0.4 is 21.3 Å². The standard InChI is InChI=1S/C27H38N6O3S/c1-5-29-26(36)21(12-28)27(31-6-2)22(24(37)25(27)35)13-30-19-8-7-9-20(11-19)32-23(34)16-33-14-17(3)10-18(4)15-33/h7-9,11,13,17-18,21,24,30-31,37H,5-6,10,14-16H2,1-4H3,(H,29,36)(H,32,34)/t17?,18?,21?,24?,27-/m1/s1. The maximum absolute atomic E-state index is 13.0. The van der Waals surface area contributed by atoms with Gasteiger partial charge in [-0.3, -0.25) is 19.3 Å². The lowest BCUT2D eigenvalue weighted by Gasteiger charge is -2.49. The first kappa shape index (κ1) is 28.7. The smallest absolute Gasteiger partial charge is 0.240 e. The zero-order chi connectivity index (χ0) is 27.2. The summed E-state index contributed by atoms with van der Waals surface area (Å²) in [6.45, 7) is 10.9. The summed E-state index contributed by atoms with van der Waals surface area (Å²) in [5.41, 5.74) is 0.399. The second-order valence-electron chi connectivity index (χ2n) is 10.1. The number of likely N-dealkylation sites (N-methyl/N-ethyl adjacent to an activating group) is 1. The Morgan fingerprint density at radius 1 is 1.22 bits per heavy atom. The number of nitrogens with zero attached hydrogens (tertiary/aromatic N) is 2. The quantitative estimate of drug-likeness (QED) is 0.296. The van der Waals surface area contributed by atoms with E-state index in [0.717, 1.165) is 13.1 Å². The van der Waals surface area contributed by atoms with Crippen LogP contribution in [0, 0.1) is 29.1 Å². The second-order valence-corrected chi connectivity index (χ2v) is 10.6. The van der Waals surface area contributed by atoms with Crippen LogP contribution in [0.15, 0.2) is 36.0 Å². The zero-order valence-electron chi connectivity index (χ0n) is 22.0. The molecule has 1 saturated carbocycles. The molecule has 0 spiro atoms. The molecule has 2 amide bonds. The van der Waals surface area contributed by atoms with Gasteiger partial charge in [-0.15, -0.1) is 0 Å². The SMILES string of the molecule is CCNC(=O)C(C#N)[C@]1(NCC)C(=O)C(S)C1=CNc1cccc(NC(=O)CN2CC(C)CC(C)C2)c1. The summed E-state index contributed by atoms with van der Waals surface area (Å²) in [6, 6.07) is 9.27. The molecule has 5 atom stereocenters. The van der Waals surface area contributed by atoms with Crippen molar-refractivity contribution in [1.29, 1.82) is 5.26 Å². The van der Waals surface area contributed by atoms with E-state index in [9.17, 15) is 19.6 Å². The van der Waals surface area contributed by atoms with E-state index in [1.54, 1.807) is 19.2 Å². The topological polar surface area (TPSA) is 126 Å². The second kappa shape index (κ2) is 12.6. The van der Waals surface area contributed by atoms with Crippen LogP contribution in [0.2, 0.25) is 0 Å². The van der Waals surface area contributed by atoms with Crippen LogP contribution in [0.1, 0.15) is 34.1 Å². The monoisotopic (exact) mass is 526 g/mol. The minimum absolute atomic E-state index is 0.0678. The third-order valence-corrected chi connectivity index (χ3v) is 7.38. The van der Waals surface area contributed by atoms with Crippen molar-refractivity contribution < 1.29 is 14.4 Å². The van der Waals surface area contributed by atoms with Crippen LogP contribution in [0.3, 0.4) is 0 Å². The maximum atomic E-state index is 13.0. The third-order valence-electron chi connectivity index (χ3n) is 6.87. The van der Waals surface area contributed by atoms with Crippen molar-refractivity contribution in [2.45, 2.75) is 44.9 Å². The lowest BCUT2D eigenvalue weighted by atomic mass is 9.62. The van der Waals surface area contributed by atoms with Crippen molar-refractivity contribution in [2.75, 3.05) is 43.4 Å². The van der Waals surface area contributed by atoms with E-state index in [-0.39, 0.29) is 11.7 Å². The number of likely N-dealkylation sites (tertiary alicyclic amines) is 1. The summed E-state index contributed by atoms with van der Waals surface area (Å²) >= 11 is 4.42. The first-order chi connectivity index (χ1) is 17.7. The summed E-state index contributed by atoms with van der Waals surface area (Å²) in [7, 11) is 0. The highest BCUT2D eigenvalue weighted by Crippen LogP contribution is 2.43. The van der Waals surface area contributed by atoms with Gasteiger partial charge in [0.05, 0.1) is 17.9 Å². The molecule has 2 aliphatic rings. The lowest BCUT2D eigenvalue weighted by Crippen LogP contribution is -2.72. The van der Waals surface area contributed by atoms with Gasteiger partial charge in [0.1, 0.15) is 5.54 Å². The first-order valence-corrected chi connectivity index (χ1v) is 13.4. The number of hydrogen-bond donors (Lipinski definition) is 5. The van der Waals surface area contributed by atoms with E-state index in [1.165, 1.54) is 6.42 Å². The summed E-state index contributed by atoms with van der Waals surface area (Å²) in [5, 5.41) is 20.9. The van der Waals surface area contributed by atoms with Crippen molar-refractivity contribution in [1.82, 2.24) is 15.5 Å². The summed E-state index contributed by atoms with van der Waals surface area (Å²) < 4.78 is 0. The van der Waals surface area contributed by atoms with Crippen molar-refractivity contribution >= 4 is 41.6 Å². The number of amides is 2. The molecule has 1 aliphatic heterocycles. The molecule has 0 aromatic heterocycles. The fourth-order valence-electron chi connectivity index (χ4n) is 5.51. The van der Waals surface area contributed by atoms with E-state index < -0.39 is 22.6 Å². The number of thiol groups is 1. The van der Waals surface area contributed by atoms with Crippen LogP contribution in [0.25, 0.3) is 0 Å². The fraction of sp³-hybridized carbons (Fsp3) is 0.556. The van der Waals surface area contributed by atoms with Crippen LogP contribution in [0.4, 0.5) is 11.4 Å². The highest BCUT2D eigenvalue weighted by molar-refractivity contribution is 7.82. The normalized spacial score (nSPS) is 27.6. The molecule has 3 rings (SSSR count). The van der Waals surface area contributed by atoms with Crippen molar-refractivity contribution in [3.8, 4) is 6.07 Å². The van der Waals surface area contributed by atoms with E-state index >= 15 is 0 Å². The molecule has 4 N–H and O–H groups in total. The molecular formula is C27H38N6O3S. The molecule has 200 valence electrons. The van der Waals surface area contributed by atoms with Gasteiger partial charge in [0, 0.05) is 37.2 Å². The Morgan fingerprint density at radius 3 is 2.51 bits per heavy atom. The van der Waals surface area contributed by atoms with E-state index in [1.807, 2.05) is 31.2 Å². The molecule has 1 aromatic rings. The fourth-order valence-corrected chi connectivity index (χ4v) is 5.99. The summed E-state index contributed by atoms with van der Waals surface area (Å²) in [4.78, 5) is 40.5. The largest absolute Gasteiger partial charge is 0.362 e. The minimum atomic E-state index is -1.45. The van der Waals surface area contributed by atoms with Crippen molar-refractivity contribution in [3.05, 3.63) is 36.0 Å². The highest BCUT2D eigenvalue weighted by atomic mass is 32.1. The first-order valence-electron chi connectivity index (χ1n) is 12.9. The van der Waals surface area contributed by atoms with E-state index in [2.05, 4.69) is 52.6 Å². The van der Waals surface area contributed by atoms with Crippen molar-refractivity contribution in [2.24, 2.45) is 17.8 Å². The predicted octanol–water partition coefficient (Wildman–Crippen LogP) is 2.40. The van der Waals surface area contributed by atoms with Gasteiger partial charge in [0.15, 0.2) is 11.7 Å². The number of carbonyl (C=O) groups is 3. The van der Waals surface area contributed by atoms with Gasteiger partial charge in [0.25, 0.3) is 0 Å². The third kappa shape index (κ3) is 6.35. The van der Waals surface area contributed by atoms with Crippen LogP contribution in [-0.2, 0) is 14.4 Å². The van der Waals surface area contributed by atoms with Crippen LogP contribution >= 0.6 is 12.6 Å². The van der Waals surface area contributed by atoms with Gasteiger partial charge in [-0.1, -0.05) is 26.8 Å².